The molecule has 6 heteroatoms. The zero-order chi connectivity index (χ0) is 16.6. The predicted molar refractivity (Wildman–Crippen MR) is 99.3 cm³/mol. The summed E-state index contributed by atoms with van der Waals surface area (Å²) < 4.78 is 12.4. The Morgan fingerprint density at radius 1 is 0.958 bits per heavy atom. The molecule has 0 bridgehead atoms. The molecule has 0 fully saturated rings. The predicted octanol–water partition coefficient (Wildman–Crippen LogP) is 5.45. The van der Waals surface area contributed by atoms with Gasteiger partial charge in [0.15, 0.2) is 0 Å². The highest BCUT2D eigenvalue weighted by atomic mass is 79.9. The highest BCUT2D eigenvalue weighted by Gasteiger charge is 2.08. The molecule has 0 aliphatic rings. The minimum atomic E-state index is 0.553. The van der Waals surface area contributed by atoms with Gasteiger partial charge in [0.05, 0.1) is 6.61 Å². The summed E-state index contributed by atoms with van der Waals surface area (Å²) in [5.41, 5.74) is 0.925. The molecule has 2 aromatic carbocycles. The fourth-order valence-electron chi connectivity index (χ4n) is 2.05. The van der Waals surface area contributed by atoms with Crippen molar-refractivity contribution < 1.29 is 9.15 Å². The summed E-state index contributed by atoms with van der Waals surface area (Å²) in [5.74, 6) is 2.40. The fourth-order valence-corrected chi connectivity index (χ4v) is 3.07. The van der Waals surface area contributed by atoms with Gasteiger partial charge < -0.3 is 9.15 Å². The van der Waals surface area contributed by atoms with Gasteiger partial charge in [0.2, 0.25) is 5.89 Å². The lowest BCUT2D eigenvalue weighted by molar-refractivity contribution is 0.310. The maximum atomic E-state index is 5.68. The number of benzene rings is 2. The van der Waals surface area contributed by atoms with Crippen molar-refractivity contribution in [1.29, 1.82) is 0 Å². The first-order chi connectivity index (χ1) is 11.8. The van der Waals surface area contributed by atoms with Crippen LogP contribution in [0.4, 0.5) is 0 Å². The lowest BCUT2D eigenvalue weighted by Gasteiger charge is -2.04. The van der Waals surface area contributed by atoms with Crippen molar-refractivity contribution in [2.24, 2.45) is 0 Å². The van der Waals surface area contributed by atoms with Crippen LogP contribution in [0.1, 0.15) is 12.8 Å². The summed E-state index contributed by atoms with van der Waals surface area (Å²) in [7, 11) is 0. The minimum Gasteiger partial charge on any atom is -0.494 e. The highest BCUT2D eigenvalue weighted by Crippen LogP contribution is 2.25. The maximum absolute atomic E-state index is 5.68. The smallest absolute Gasteiger partial charge is 0.276 e. The van der Waals surface area contributed by atoms with Crippen molar-refractivity contribution in [3.8, 4) is 17.2 Å². The zero-order valence-corrected chi connectivity index (χ0v) is 15.4. The van der Waals surface area contributed by atoms with E-state index in [1.165, 1.54) is 0 Å². The van der Waals surface area contributed by atoms with Crippen molar-refractivity contribution in [2.45, 2.75) is 18.1 Å². The van der Waals surface area contributed by atoms with Gasteiger partial charge in [-0.05, 0) is 49.2 Å². The Bertz CT molecular complexity index is 747. The minimum absolute atomic E-state index is 0.553. The molecule has 0 radical (unpaired) electrons. The Morgan fingerprint density at radius 2 is 1.75 bits per heavy atom. The van der Waals surface area contributed by atoms with Gasteiger partial charge in [-0.25, -0.2) is 0 Å². The molecule has 4 nitrogen and oxygen atoms in total. The summed E-state index contributed by atoms with van der Waals surface area (Å²) >= 11 is 4.99. The van der Waals surface area contributed by atoms with Crippen LogP contribution in [-0.4, -0.2) is 22.6 Å². The van der Waals surface area contributed by atoms with Crippen molar-refractivity contribution in [3.05, 3.63) is 59.1 Å². The number of hydrogen-bond donors (Lipinski definition) is 0. The Kier molecular flexibility index (Phi) is 6.32. The molecule has 3 rings (SSSR count). The lowest BCUT2D eigenvalue weighted by Crippen LogP contribution is -1.97. The Morgan fingerprint density at radius 3 is 2.54 bits per heavy atom. The van der Waals surface area contributed by atoms with E-state index in [1.807, 2.05) is 54.6 Å². The number of halogens is 1. The molecule has 1 heterocycles. The molecule has 0 saturated heterocycles. The first kappa shape index (κ1) is 17.0. The SMILES string of the molecule is Brc1ccc(-c2nnc(SCCCCOc3ccccc3)o2)cc1. The highest BCUT2D eigenvalue weighted by molar-refractivity contribution is 9.10. The van der Waals surface area contributed by atoms with Gasteiger partial charge in [-0.2, -0.15) is 0 Å². The van der Waals surface area contributed by atoms with Crippen LogP contribution < -0.4 is 4.74 Å². The van der Waals surface area contributed by atoms with E-state index >= 15 is 0 Å². The number of thioether (sulfide) groups is 1. The summed E-state index contributed by atoms with van der Waals surface area (Å²) in [4.78, 5) is 0. The number of para-hydroxylation sites is 1. The summed E-state index contributed by atoms with van der Waals surface area (Å²) in [6.07, 6.45) is 2.03. The van der Waals surface area contributed by atoms with Crippen LogP contribution in [0.15, 0.2) is 68.7 Å². The van der Waals surface area contributed by atoms with Gasteiger partial charge in [0.25, 0.3) is 5.22 Å². The summed E-state index contributed by atoms with van der Waals surface area (Å²) in [6, 6.07) is 17.7. The van der Waals surface area contributed by atoms with Crippen LogP contribution >= 0.6 is 27.7 Å². The molecule has 124 valence electrons. The second kappa shape index (κ2) is 8.89. The van der Waals surface area contributed by atoms with E-state index in [0.717, 1.165) is 41.0 Å². The monoisotopic (exact) mass is 404 g/mol. The van der Waals surface area contributed by atoms with Crippen LogP contribution in [0.2, 0.25) is 0 Å². The molecule has 0 atom stereocenters. The Hall–Kier alpha value is -1.79. The van der Waals surface area contributed by atoms with Gasteiger partial charge in [-0.1, -0.05) is 45.9 Å². The second-order valence-electron chi connectivity index (χ2n) is 5.10. The van der Waals surface area contributed by atoms with Crippen LogP contribution in [0.3, 0.4) is 0 Å². The van der Waals surface area contributed by atoms with E-state index in [-0.39, 0.29) is 0 Å². The third-order valence-electron chi connectivity index (χ3n) is 3.27. The normalized spacial score (nSPS) is 10.7. The molecule has 3 aromatic rings. The molecule has 0 amide bonds. The van der Waals surface area contributed by atoms with Gasteiger partial charge in [0, 0.05) is 15.8 Å². The number of rotatable bonds is 8. The molecule has 0 unspecified atom stereocenters. The first-order valence-corrected chi connectivity index (χ1v) is 9.49. The number of unbranched alkanes of at least 4 members (excludes halogenated alkanes) is 1. The van der Waals surface area contributed by atoms with Crippen molar-refractivity contribution in [1.82, 2.24) is 10.2 Å². The Balaban J connectivity index is 1.37. The average Bonchev–Trinajstić information content (AvgIpc) is 3.08. The van der Waals surface area contributed by atoms with E-state index in [0.29, 0.717) is 11.1 Å². The topological polar surface area (TPSA) is 48.2 Å². The number of hydrogen-bond acceptors (Lipinski definition) is 5. The van der Waals surface area contributed by atoms with Crippen LogP contribution in [0, 0.1) is 0 Å². The largest absolute Gasteiger partial charge is 0.494 e. The fraction of sp³-hybridized carbons (Fsp3) is 0.222. The maximum Gasteiger partial charge on any atom is 0.276 e. The van der Waals surface area contributed by atoms with E-state index in [2.05, 4.69) is 26.1 Å². The second-order valence-corrected chi connectivity index (χ2v) is 7.06. The molecular weight excluding hydrogens is 388 g/mol. The zero-order valence-electron chi connectivity index (χ0n) is 13.0. The summed E-state index contributed by atoms with van der Waals surface area (Å²) in [5, 5.41) is 8.79. The molecule has 0 saturated carbocycles. The third-order valence-corrected chi connectivity index (χ3v) is 4.71. The molecular formula is C18H17BrN2O2S. The van der Waals surface area contributed by atoms with Gasteiger partial charge in [-0.15, -0.1) is 10.2 Å². The van der Waals surface area contributed by atoms with Crippen molar-refractivity contribution in [3.63, 3.8) is 0 Å². The van der Waals surface area contributed by atoms with E-state index < -0.39 is 0 Å². The van der Waals surface area contributed by atoms with E-state index in [4.69, 9.17) is 9.15 Å². The molecule has 0 aliphatic heterocycles. The van der Waals surface area contributed by atoms with Crippen LogP contribution in [0.25, 0.3) is 11.5 Å². The molecule has 0 N–H and O–H groups in total. The number of nitrogens with zero attached hydrogens (tertiary/aromatic N) is 2. The summed E-state index contributed by atoms with van der Waals surface area (Å²) in [6.45, 7) is 0.721. The average molecular weight is 405 g/mol. The number of aromatic nitrogens is 2. The van der Waals surface area contributed by atoms with E-state index in [9.17, 15) is 0 Å². The first-order valence-electron chi connectivity index (χ1n) is 7.71. The van der Waals surface area contributed by atoms with Gasteiger partial charge >= 0.3 is 0 Å². The standard InChI is InChI=1S/C18H17BrN2O2S/c19-15-10-8-14(9-11-15)17-20-21-18(23-17)24-13-5-4-12-22-16-6-2-1-3-7-16/h1-3,6-11H,4-5,12-13H2. The van der Waals surface area contributed by atoms with E-state index in [1.54, 1.807) is 11.8 Å². The molecule has 0 spiro atoms. The van der Waals surface area contributed by atoms with Crippen LogP contribution in [-0.2, 0) is 0 Å². The molecule has 1 aromatic heterocycles. The third kappa shape index (κ3) is 5.11. The molecule has 0 aliphatic carbocycles. The van der Waals surface area contributed by atoms with Crippen molar-refractivity contribution >= 4 is 27.7 Å². The quantitative estimate of drug-likeness (QED) is 0.368. The number of ether oxygens (including phenoxy) is 1. The van der Waals surface area contributed by atoms with Crippen LogP contribution in [0.5, 0.6) is 5.75 Å². The molecule has 24 heavy (non-hydrogen) atoms. The Labute approximate surface area is 153 Å². The lowest BCUT2D eigenvalue weighted by atomic mass is 10.2. The van der Waals surface area contributed by atoms with Gasteiger partial charge in [-0.3, -0.25) is 0 Å². The van der Waals surface area contributed by atoms with Gasteiger partial charge in [0.1, 0.15) is 5.75 Å². The van der Waals surface area contributed by atoms with Crippen molar-refractivity contribution in [2.75, 3.05) is 12.4 Å².